The van der Waals surface area contributed by atoms with Crippen LogP contribution in [0.4, 0.5) is 5.82 Å². The average Bonchev–Trinajstić information content (AvgIpc) is 2.17. The van der Waals surface area contributed by atoms with Gasteiger partial charge in [0, 0.05) is 13.7 Å². The van der Waals surface area contributed by atoms with E-state index in [0.717, 1.165) is 18.8 Å². The van der Waals surface area contributed by atoms with Crippen molar-refractivity contribution in [2.45, 2.75) is 26.2 Å². The molecule has 0 atom stereocenters. The first-order valence-electron chi connectivity index (χ1n) is 4.63. The van der Waals surface area contributed by atoms with Gasteiger partial charge in [0.15, 0.2) is 0 Å². The zero-order chi connectivity index (χ0) is 8.39. The van der Waals surface area contributed by atoms with Gasteiger partial charge < -0.3 is 5.32 Å². The van der Waals surface area contributed by atoms with Crippen molar-refractivity contribution in [3.05, 3.63) is 23.4 Å². The summed E-state index contributed by atoms with van der Waals surface area (Å²) in [4.78, 5) is 4.52. The van der Waals surface area contributed by atoms with Crippen molar-refractivity contribution in [2.24, 2.45) is 0 Å². The number of rotatable bonds is 1. The van der Waals surface area contributed by atoms with Gasteiger partial charge in [-0.1, -0.05) is 13.0 Å². The number of anilines is 1. The number of hydrogen-bond donors (Lipinski definition) is 1. The summed E-state index contributed by atoms with van der Waals surface area (Å²) in [6.07, 6.45) is 3.44. The highest BCUT2D eigenvalue weighted by molar-refractivity contribution is 5.46. The fourth-order valence-corrected chi connectivity index (χ4v) is 1.57. The Hall–Kier alpha value is -1.05. The number of aryl methyl sites for hydroxylation is 2. The van der Waals surface area contributed by atoms with Gasteiger partial charge >= 0.3 is 0 Å². The molecule has 1 aliphatic rings. The van der Waals surface area contributed by atoms with Crippen LogP contribution in [0.2, 0.25) is 0 Å². The maximum absolute atomic E-state index is 4.52. The zero-order valence-electron chi connectivity index (χ0n) is 7.43. The van der Waals surface area contributed by atoms with Gasteiger partial charge in [0.2, 0.25) is 0 Å². The predicted octanol–water partition coefficient (Wildman–Crippen LogP) is 2.25. The lowest BCUT2D eigenvalue weighted by Gasteiger charge is -2.16. The number of nitrogens with zero attached hydrogens (tertiary/aromatic N) is 1. The molecule has 0 unspecified atom stereocenters. The van der Waals surface area contributed by atoms with Crippen LogP contribution in [-0.4, -0.2) is 11.5 Å². The number of aromatic nitrogens is 1. The first kappa shape index (κ1) is 7.59. The van der Waals surface area contributed by atoms with Crippen molar-refractivity contribution in [3.63, 3.8) is 0 Å². The van der Waals surface area contributed by atoms with E-state index >= 15 is 0 Å². The van der Waals surface area contributed by atoms with Crippen LogP contribution in [0.15, 0.2) is 12.1 Å². The Morgan fingerprint density at radius 2 is 2.50 bits per heavy atom. The summed E-state index contributed by atoms with van der Waals surface area (Å²) in [6, 6.07) is 4.33. The maximum Gasteiger partial charge on any atom is 0.129 e. The molecular formula is C10H16N2. The Morgan fingerprint density at radius 1 is 1.58 bits per heavy atom. The molecule has 0 aliphatic carbocycles. The molecule has 0 saturated heterocycles. The molecule has 0 fully saturated rings. The Morgan fingerprint density at radius 3 is 3.33 bits per heavy atom. The van der Waals surface area contributed by atoms with Gasteiger partial charge in [-0.25, -0.2) is 4.98 Å². The van der Waals surface area contributed by atoms with Crippen LogP contribution in [0.3, 0.4) is 0 Å². The van der Waals surface area contributed by atoms with Gasteiger partial charge in [-0.05, 0) is 30.9 Å². The Bertz CT molecular complexity index is 286. The van der Waals surface area contributed by atoms with Crippen molar-refractivity contribution in [1.82, 2.24) is 4.98 Å². The molecule has 0 aromatic carbocycles. The van der Waals surface area contributed by atoms with E-state index in [1.807, 2.05) is 0 Å². The standard InChI is InChI=1S/C10H14N2.H2/c1-2-9-6-5-8-4-3-7-11-10(8)12-9;/h5-6H,2-4,7H2,1H3,(H,11,12);1H. The van der Waals surface area contributed by atoms with E-state index in [4.69, 9.17) is 0 Å². The van der Waals surface area contributed by atoms with Gasteiger partial charge in [0.05, 0.1) is 0 Å². The first-order valence-corrected chi connectivity index (χ1v) is 4.63. The molecule has 2 heteroatoms. The third-order valence-corrected chi connectivity index (χ3v) is 2.31. The van der Waals surface area contributed by atoms with E-state index in [9.17, 15) is 0 Å². The van der Waals surface area contributed by atoms with Crippen molar-refractivity contribution in [3.8, 4) is 0 Å². The fraction of sp³-hybridized carbons (Fsp3) is 0.500. The first-order chi connectivity index (χ1) is 5.90. The SMILES string of the molecule is CCc1ccc2c(n1)NCCC2.[HH]. The third-order valence-electron chi connectivity index (χ3n) is 2.31. The molecule has 0 amide bonds. The molecule has 2 rings (SSSR count). The minimum absolute atomic E-state index is 0. The van der Waals surface area contributed by atoms with E-state index in [2.05, 4.69) is 29.4 Å². The van der Waals surface area contributed by atoms with Crippen molar-refractivity contribution in [1.29, 1.82) is 0 Å². The molecule has 1 N–H and O–H groups in total. The van der Waals surface area contributed by atoms with Crippen LogP contribution in [0, 0.1) is 0 Å². The molecule has 0 bridgehead atoms. The van der Waals surface area contributed by atoms with Crippen LogP contribution >= 0.6 is 0 Å². The topological polar surface area (TPSA) is 24.9 Å². The summed E-state index contributed by atoms with van der Waals surface area (Å²) in [7, 11) is 0. The van der Waals surface area contributed by atoms with E-state index in [-0.39, 0.29) is 1.43 Å². The highest BCUT2D eigenvalue weighted by Gasteiger charge is 2.08. The normalized spacial score (nSPS) is 15.1. The maximum atomic E-state index is 4.52. The van der Waals surface area contributed by atoms with Crippen molar-refractivity contribution >= 4 is 5.82 Å². The van der Waals surface area contributed by atoms with E-state index < -0.39 is 0 Å². The van der Waals surface area contributed by atoms with E-state index in [0.29, 0.717) is 0 Å². The summed E-state index contributed by atoms with van der Waals surface area (Å²) in [6.45, 7) is 3.21. The summed E-state index contributed by atoms with van der Waals surface area (Å²) in [5.74, 6) is 1.11. The fourth-order valence-electron chi connectivity index (χ4n) is 1.57. The molecule has 66 valence electrons. The zero-order valence-corrected chi connectivity index (χ0v) is 7.43. The van der Waals surface area contributed by atoms with Gasteiger partial charge in [-0.3, -0.25) is 0 Å². The predicted molar refractivity (Wildman–Crippen MR) is 52.5 cm³/mol. The highest BCUT2D eigenvalue weighted by Crippen LogP contribution is 2.19. The summed E-state index contributed by atoms with van der Waals surface area (Å²) >= 11 is 0. The Balaban J connectivity index is 0.000000845. The van der Waals surface area contributed by atoms with E-state index in [1.165, 1.54) is 24.1 Å². The lowest BCUT2D eigenvalue weighted by Crippen LogP contribution is -2.13. The molecule has 2 heterocycles. The Kier molecular flexibility index (Phi) is 1.98. The van der Waals surface area contributed by atoms with Gasteiger partial charge in [-0.15, -0.1) is 0 Å². The summed E-state index contributed by atoms with van der Waals surface area (Å²) in [5.41, 5.74) is 2.56. The Labute approximate surface area is 74.5 Å². The van der Waals surface area contributed by atoms with Crippen molar-refractivity contribution in [2.75, 3.05) is 11.9 Å². The van der Waals surface area contributed by atoms with Crippen LogP contribution in [0.1, 0.15) is 26.0 Å². The van der Waals surface area contributed by atoms with Gasteiger partial charge in [0.25, 0.3) is 0 Å². The molecule has 0 radical (unpaired) electrons. The average molecular weight is 164 g/mol. The minimum Gasteiger partial charge on any atom is -0.370 e. The quantitative estimate of drug-likeness (QED) is 0.688. The molecule has 0 saturated carbocycles. The third kappa shape index (κ3) is 1.29. The molecule has 1 aromatic heterocycles. The number of pyridine rings is 1. The number of fused-ring (bicyclic) bond motifs is 1. The van der Waals surface area contributed by atoms with Crippen LogP contribution in [0.5, 0.6) is 0 Å². The second-order valence-corrected chi connectivity index (χ2v) is 3.19. The molecular weight excluding hydrogens is 148 g/mol. The molecule has 2 nitrogen and oxygen atoms in total. The lowest BCUT2D eigenvalue weighted by molar-refractivity contribution is 0.811. The number of hydrogen-bond acceptors (Lipinski definition) is 2. The second kappa shape index (κ2) is 3.13. The van der Waals surface area contributed by atoms with E-state index in [1.54, 1.807) is 0 Å². The monoisotopic (exact) mass is 164 g/mol. The number of nitrogens with one attached hydrogen (secondary N) is 1. The summed E-state index contributed by atoms with van der Waals surface area (Å²) in [5, 5.41) is 3.33. The lowest BCUT2D eigenvalue weighted by atomic mass is 10.1. The highest BCUT2D eigenvalue weighted by atomic mass is 15.0. The van der Waals surface area contributed by atoms with Crippen LogP contribution < -0.4 is 5.32 Å². The smallest absolute Gasteiger partial charge is 0.129 e. The molecule has 0 spiro atoms. The van der Waals surface area contributed by atoms with Gasteiger partial charge in [-0.2, -0.15) is 0 Å². The second-order valence-electron chi connectivity index (χ2n) is 3.19. The van der Waals surface area contributed by atoms with Crippen LogP contribution in [0.25, 0.3) is 0 Å². The molecule has 12 heavy (non-hydrogen) atoms. The molecule has 1 aromatic rings. The largest absolute Gasteiger partial charge is 0.370 e. The van der Waals surface area contributed by atoms with Crippen molar-refractivity contribution < 1.29 is 1.43 Å². The van der Waals surface area contributed by atoms with Gasteiger partial charge in [0.1, 0.15) is 5.82 Å². The minimum atomic E-state index is 0. The van der Waals surface area contributed by atoms with Crippen LogP contribution in [-0.2, 0) is 12.8 Å². The summed E-state index contributed by atoms with van der Waals surface area (Å²) < 4.78 is 0. The molecule has 1 aliphatic heterocycles.